The third kappa shape index (κ3) is 4.41. The highest BCUT2D eigenvalue weighted by atomic mass is 19.1. The molecule has 7 heteroatoms. The quantitative estimate of drug-likeness (QED) is 0.721. The van der Waals surface area contributed by atoms with Crippen molar-refractivity contribution in [2.45, 2.75) is 19.5 Å². The van der Waals surface area contributed by atoms with E-state index >= 15 is 0 Å². The number of carbonyl (C=O) groups excluding carboxylic acids is 1. The van der Waals surface area contributed by atoms with Gasteiger partial charge in [0.15, 0.2) is 0 Å². The summed E-state index contributed by atoms with van der Waals surface area (Å²) in [6.45, 7) is 2.06. The van der Waals surface area contributed by atoms with Crippen LogP contribution in [0.2, 0.25) is 0 Å². The summed E-state index contributed by atoms with van der Waals surface area (Å²) in [7, 11) is 0. The SMILES string of the molecule is CC(Nc1ccc(-c2ccc(F)cc2)nn1)C(=O)NCc1ccco1. The minimum absolute atomic E-state index is 0.180. The van der Waals surface area contributed by atoms with Crippen LogP contribution in [0.5, 0.6) is 0 Å². The molecule has 0 aliphatic carbocycles. The van der Waals surface area contributed by atoms with E-state index in [-0.39, 0.29) is 11.7 Å². The van der Waals surface area contributed by atoms with Crippen LogP contribution < -0.4 is 10.6 Å². The van der Waals surface area contributed by atoms with Crippen LogP contribution in [0.4, 0.5) is 10.2 Å². The second-order valence-electron chi connectivity index (χ2n) is 5.47. The maximum Gasteiger partial charge on any atom is 0.242 e. The van der Waals surface area contributed by atoms with Crippen LogP contribution in [0.1, 0.15) is 12.7 Å². The fourth-order valence-electron chi connectivity index (χ4n) is 2.21. The Hall–Kier alpha value is -3.22. The molecule has 0 saturated heterocycles. The minimum atomic E-state index is -0.485. The van der Waals surface area contributed by atoms with Gasteiger partial charge in [-0.3, -0.25) is 4.79 Å². The molecule has 1 amide bonds. The lowest BCUT2D eigenvalue weighted by Gasteiger charge is -2.14. The first-order valence-electron chi connectivity index (χ1n) is 7.78. The van der Waals surface area contributed by atoms with Crippen LogP contribution in [-0.4, -0.2) is 22.1 Å². The Labute approximate surface area is 144 Å². The molecular weight excluding hydrogens is 323 g/mol. The van der Waals surface area contributed by atoms with Crippen molar-refractivity contribution in [3.8, 4) is 11.3 Å². The summed E-state index contributed by atoms with van der Waals surface area (Å²) in [5, 5.41) is 13.9. The minimum Gasteiger partial charge on any atom is -0.467 e. The number of nitrogens with one attached hydrogen (secondary N) is 2. The number of furan rings is 1. The van der Waals surface area contributed by atoms with E-state index < -0.39 is 6.04 Å². The number of hydrogen-bond acceptors (Lipinski definition) is 5. The maximum atomic E-state index is 12.9. The molecule has 1 aromatic carbocycles. The molecule has 0 bridgehead atoms. The van der Waals surface area contributed by atoms with Crippen molar-refractivity contribution in [1.29, 1.82) is 0 Å². The van der Waals surface area contributed by atoms with Crippen LogP contribution >= 0.6 is 0 Å². The Morgan fingerprint density at radius 2 is 1.96 bits per heavy atom. The number of aromatic nitrogens is 2. The van der Waals surface area contributed by atoms with Gasteiger partial charge in [0.25, 0.3) is 0 Å². The van der Waals surface area contributed by atoms with Crippen molar-refractivity contribution in [3.63, 3.8) is 0 Å². The predicted molar refractivity (Wildman–Crippen MR) is 91.1 cm³/mol. The third-order valence-corrected chi connectivity index (χ3v) is 3.58. The molecule has 25 heavy (non-hydrogen) atoms. The molecule has 2 N–H and O–H groups in total. The van der Waals surface area contributed by atoms with Gasteiger partial charge in [-0.15, -0.1) is 10.2 Å². The average molecular weight is 340 g/mol. The first-order chi connectivity index (χ1) is 12.1. The monoisotopic (exact) mass is 340 g/mol. The lowest BCUT2D eigenvalue weighted by Crippen LogP contribution is -2.37. The molecule has 0 fully saturated rings. The van der Waals surface area contributed by atoms with E-state index in [2.05, 4.69) is 20.8 Å². The van der Waals surface area contributed by atoms with Crippen molar-refractivity contribution < 1.29 is 13.6 Å². The molecule has 0 aliphatic rings. The highest BCUT2D eigenvalue weighted by Crippen LogP contribution is 2.17. The van der Waals surface area contributed by atoms with E-state index in [0.29, 0.717) is 23.8 Å². The van der Waals surface area contributed by atoms with Gasteiger partial charge in [-0.25, -0.2) is 4.39 Å². The number of nitrogens with zero attached hydrogens (tertiary/aromatic N) is 2. The smallest absolute Gasteiger partial charge is 0.242 e. The van der Waals surface area contributed by atoms with Crippen LogP contribution in [0.15, 0.2) is 59.2 Å². The number of benzene rings is 1. The van der Waals surface area contributed by atoms with Gasteiger partial charge in [0.2, 0.25) is 5.91 Å². The van der Waals surface area contributed by atoms with Gasteiger partial charge in [-0.05, 0) is 55.5 Å². The van der Waals surface area contributed by atoms with E-state index in [4.69, 9.17) is 4.42 Å². The van der Waals surface area contributed by atoms with E-state index in [1.165, 1.54) is 12.1 Å². The molecule has 3 rings (SSSR count). The topological polar surface area (TPSA) is 80.0 Å². The molecule has 6 nitrogen and oxygen atoms in total. The molecule has 1 unspecified atom stereocenters. The van der Waals surface area contributed by atoms with Crippen molar-refractivity contribution in [2.24, 2.45) is 0 Å². The Morgan fingerprint density at radius 3 is 2.60 bits per heavy atom. The van der Waals surface area contributed by atoms with E-state index in [1.807, 2.05) is 0 Å². The van der Waals surface area contributed by atoms with E-state index in [1.54, 1.807) is 49.6 Å². The Balaban J connectivity index is 1.56. The highest BCUT2D eigenvalue weighted by Gasteiger charge is 2.13. The van der Waals surface area contributed by atoms with Crippen LogP contribution in [0, 0.1) is 5.82 Å². The highest BCUT2D eigenvalue weighted by molar-refractivity contribution is 5.83. The van der Waals surface area contributed by atoms with Gasteiger partial charge in [-0.2, -0.15) is 0 Å². The zero-order chi connectivity index (χ0) is 17.6. The summed E-state index contributed by atoms with van der Waals surface area (Å²) in [6, 6.07) is 12.6. The lowest BCUT2D eigenvalue weighted by atomic mass is 10.1. The zero-order valence-corrected chi connectivity index (χ0v) is 13.6. The van der Waals surface area contributed by atoms with Crippen LogP contribution in [-0.2, 0) is 11.3 Å². The number of carbonyl (C=O) groups is 1. The normalized spacial score (nSPS) is 11.8. The van der Waals surface area contributed by atoms with Gasteiger partial charge in [0.1, 0.15) is 23.4 Å². The van der Waals surface area contributed by atoms with Crippen molar-refractivity contribution in [1.82, 2.24) is 15.5 Å². The summed E-state index contributed by atoms with van der Waals surface area (Å²) >= 11 is 0. The van der Waals surface area contributed by atoms with Gasteiger partial charge in [0, 0.05) is 5.56 Å². The van der Waals surface area contributed by atoms with Crippen molar-refractivity contribution in [3.05, 3.63) is 66.4 Å². The molecule has 1 atom stereocenters. The van der Waals surface area contributed by atoms with E-state index in [9.17, 15) is 9.18 Å². The molecule has 0 aliphatic heterocycles. The third-order valence-electron chi connectivity index (χ3n) is 3.58. The maximum absolute atomic E-state index is 12.9. The molecular formula is C18H17FN4O2. The summed E-state index contributed by atoms with van der Waals surface area (Å²) in [4.78, 5) is 12.1. The van der Waals surface area contributed by atoms with Crippen LogP contribution in [0.25, 0.3) is 11.3 Å². The number of anilines is 1. The van der Waals surface area contributed by atoms with Crippen molar-refractivity contribution >= 4 is 11.7 Å². The first kappa shape index (κ1) is 16.6. The predicted octanol–water partition coefficient (Wildman–Crippen LogP) is 2.99. The standard InChI is InChI=1S/C18H17FN4O2/c1-12(18(24)20-11-15-3-2-10-25-15)21-17-9-8-16(22-23-17)13-4-6-14(19)7-5-13/h2-10,12H,11H2,1H3,(H,20,24)(H,21,23). The van der Waals surface area contributed by atoms with E-state index in [0.717, 1.165) is 5.56 Å². The van der Waals surface area contributed by atoms with Crippen molar-refractivity contribution in [2.75, 3.05) is 5.32 Å². The Morgan fingerprint density at radius 1 is 1.16 bits per heavy atom. The molecule has 3 aromatic rings. The average Bonchev–Trinajstić information content (AvgIpc) is 3.14. The first-order valence-corrected chi connectivity index (χ1v) is 7.78. The Bertz CT molecular complexity index is 817. The summed E-state index contributed by atoms with van der Waals surface area (Å²) < 4.78 is 18.1. The Kier molecular flexibility index (Phi) is 5.03. The molecule has 2 aromatic heterocycles. The zero-order valence-electron chi connectivity index (χ0n) is 13.6. The number of amides is 1. The molecule has 128 valence electrons. The number of hydrogen-bond donors (Lipinski definition) is 2. The second kappa shape index (κ2) is 7.57. The number of rotatable bonds is 6. The number of halogens is 1. The van der Waals surface area contributed by atoms with Gasteiger partial charge in [0.05, 0.1) is 18.5 Å². The lowest BCUT2D eigenvalue weighted by molar-refractivity contribution is -0.121. The largest absolute Gasteiger partial charge is 0.467 e. The molecule has 2 heterocycles. The molecule has 0 saturated carbocycles. The fraction of sp³-hybridized carbons (Fsp3) is 0.167. The van der Waals surface area contributed by atoms with Gasteiger partial charge >= 0.3 is 0 Å². The molecule has 0 radical (unpaired) electrons. The second-order valence-corrected chi connectivity index (χ2v) is 5.47. The summed E-state index contributed by atoms with van der Waals surface area (Å²) in [5.41, 5.74) is 1.39. The fourth-order valence-corrected chi connectivity index (χ4v) is 2.21. The summed E-state index contributed by atoms with van der Waals surface area (Å²) in [6.07, 6.45) is 1.56. The summed E-state index contributed by atoms with van der Waals surface area (Å²) in [5.74, 6) is 0.681. The van der Waals surface area contributed by atoms with Gasteiger partial charge < -0.3 is 15.1 Å². The molecule has 0 spiro atoms. The van der Waals surface area contributed by atoms with Gasteiger partial charge in [-0.1, -0.05) is 0 Å². The van der Waals surface area contributed by atoms with Crippen LogP contribution in [0.3, 0.4) is 0 Å².